The van der Waals surface area contributed by atoms with E-state index in [2.05, 4.69) is 10.3 Å². The Morgan fingerprint density at radius 1 is 1.24 bits per heavy atom. The third-order valence-electron chi connectivity index (χ3n) is 5.76. The van der Waals surface area contributed by atoms with Crippen LogP contribution < -0.4 is 15.0 Å². The van der Waals surface area contributed by atoms with E-state index in [0.717, 1.165) is 28.6 Å². The molecule has 1 fully saturated rings. The smallest absolute Gasteiger partial charge is 0.228 e. The molecule has 0 radical (unpaired) electrons. The van der Waals surface area contributed by atoms with Crippen molar-refractivity contribution in [2.24, 2.45) is 7.05 Å². The minimum atomic E-state index is -0.664. The van der Waals surface area contributed by atoms with Crippen LogP contribution in [0.3, 0.4) is 0 Å². The van der Waals surface area contributed by atoms with Crippen molar-refractivity contribution in [3.63, 3.8) is 0 Å². The van der Waals surface area contributed by atoms with Gasteiger partial charge in [-0.2, -0.15) is 0 Å². The second-order valence-corrected chi connectivity index (χ2v) is 7.51. The molecule has 150 valence electrons. The van der Waals surface area contributed by atoms with Gasteiger partial charge in [0.25, 0.3) is 0 Å². The van der Waals surface area contributed by atoms with Crippen LogP contribution in [0.5, 0.6) is 5.75 Å². The van der Waals surface area contributed by atoms with Crippen LogP contribution in [0.25, 0.3) is 11.0 Å². The van der Waals surface area contributed by atoms with Crippen LogP contribution in [-0.4, -0.2) is 28.6 Å². The second-order valence-electron chi connectivity index (χ2n) is 7.51. The molecule has 0 bridgehead atoms. The number of amides is 1. The van der Waals surface area contributed by atoms with Crippen LogP contribution >= 0.6 is 0 Å². The summed E-state index contributed by atoms with van der Waals surface area (Å²) in [6, 6.07) is 5.51. The van der Waals surface area contributed by atoms with Crippen LogP contribution in [0.4, 0.5) is 20.2 Å². The Hall–Kier alpha value is -3.16. The minimum absolute atomic E-state index is 0.0760. The zero-order chi connectivity index (χ0) is 20.3. The van der Waals surface area contributed by atoms with E-state index in [-0.39, 0.29) is 11.7 Å². The molecule has 0 spiro atoms. The number of fused-ring (bicyclic) bond motifs is 2. The summed E-state index contributed by atoms with van der Waals surface area (Å²) in [5.74, 6) is -0.181. The quantitative estimate of drug-likeness (QED) is 0.682. The summed E-state index contributed by atoms with van der Waals surface area (Å²) in [6.45, 7) is 2.93. The monoisotopic (exact) mass is 398 g/mol. The summed E-state index contributed by atoms with van der Waals surface area (Å²) in [5.41, 5.74) is 3.43. The number of hydrogen-bond donors (Lipinski definition) is 1. The minimum Gasteiger partial charge on any atom is -0.493 e. The largest absolute Gasteiger partial charge is 0.493 e. The molecular formula is C21H20F2N4O2. The SMILES string of the molecule is Cc1nc2c(NC3CCOc4cc(F)cc(F)c43)cc(N3CCC3=O)cc2n1C. The Morgan fingerprint density at radius 2 is 2.07 bits per heavy atom. The highest BCUT2D eigenvalue weighted by Crippen LogP contribution is 2.39. The van der Waals surface area contributed by atoms with E-state index in [9.17, 15) is 13.6 Å². The molecule has 6 nitrogen and oxygen atoms in total. The lowest BCUT2D eigenvalue weighted by molar-refractivity contribution is -0.122. The first-order chi connectivity index (χ1) is 13.9. The van der Waals surface area contributed by atoms with Crippen molar-refractivity contribution in [3.8, 4) is 5.75 Å². The van der Waals surface area contributed by atoms with Crippen LogP contribution in [-0.2, 0) is 11.8 Å². The molecule has 2 aliphatic rings. The lowest BCUT2D eigenvalue weighted by atomic mass is 9.99. The summed E-state index contributed by atoms with van der Waals surface area (Å²) in [6.07, 6.45) is 1.06. The number of aryl methyl sites for hydroxylation is 2. The van der Waals surface area contributed by atoms with Crippen molar-refractivity contribution >= 4 is 28.3 Å². The molecule has 1 unspecified atom stereocenters. The number of imidazole rings is 1. The molecular weight excluding hydrogens is 378 g/mol. The zero-order valence-electron chi connectivity index (χ0n) is 16.1. The molecule has 29 heavy (non-hydrogen) atoms. The maximum absolute atomic E-state index is 14.6. The summed E-state index contributed by atoms with van der Waals surface area (Å²) < 4.78 is 35.6. The number of anilines is 2. The molecule has 0 saturated carbocycles. The van der Waals surface area contributed by atoms with E-state index in [4.69, 9.17) is 4.74 Å². The molecule has 8 heteroatoms. The number of β-lactam (4-membered cyclic amide) rings is 1. The van der Waals surface area contributed by atoms with E-state index in [1.807, 2.05) is 30.7 Å². The number of carbonyl (C=O) groups excluding carboxylic acids is 1. The number of benzene rings is 2. The number of nitrogens with zero attached hydrogens (tertiary/aromatic N) is 3. The van der Waals surface area contributed by atoms with Crippen LogP contribution in [0.15, 0.2) is 24.3 Å². The topological polar surface area (TPSA) is 59.4 Å². The second kappa shape index (κ2) is 6.43. The molecule has 5 rings (SSSR count). The number of hydrogen-bond acceptors (Lipinski definition) is 4. The molecule has 1 N–H and O–H groups in total. The third kappa shape index (κ3) is 2.82. The van der Waals surface area contributed by atoms with Gasteiger partial charge in [0.2, 0.25) is 5.91 Å². The lowest BCUT2D eigenvalue weighted by Gasteiger charge is -2.32. The number of ether oxygens (including phenoxy) is 1. The van der Waals surface area contributed by atoms with Gasteiger partial charge >= 0.3 is 0 Å². The van der Waals surface area contributed by atoms with Crippen LogP contribution in [0.1, 0.15) is 30.3 Å². The van der Waals surface area contributed by atoms with Gasteiger partial charge in [0.05, 0.1) is 29.4 Å². The maximum atomic E-state index is 14.6. The van der Waals surface area contributed by atoms with Gasteiger partial charge in [-0.05, 0) is 19.1 Å². The average Bonchev–Trinajstić information content (AvgIpc) is 2.95. The predicted octanol–water partition coefficient (Wildman–Crippen LogP) is 3.83. The van der Waals surface area contributed by atoms with Crippen molar-refractivity contribution in [1.82, 2.24) is 9.55 Å². The maximum Gasteiger partial charge on any atom is 0.228 e. The van der Waals surface area contributed by atoms with Crippen molar-refractivity contribution in [1.29, 1.82) is 0 Å². The van der Waals surface area contributed by atoms with Gasteiger partial charge < -0.3 is 19.5 Å². The average molecular weight is 398 g/mol. The number of halogens is 2. The van der Waals surface area contributed by atoms with Crippen LogP contribution in [0, 0.1) is 18.6 Å². The van der Waals surface area contributed by atoms with Crippen LogP contribution in [0.2, 0.25) is 0 Å². The van der Waals surface area contributed by atoms with Gasteiger partial charge in [-0.25, -0.2) is 13.8 Å². The van der Waals surface area contributed by atoms with Crippen molar-refractivity contribution in [2.75, 3.05) is 23.4 Å². The van der Waals surface area contributed by atoms with Crippen molar-refractivity contribution in [3.05, 3.63) is 47.3 Å². The highest BCUT2D eigenvalue weighted by atomic mass is 19.1. The number of nitrogens with one attached hydrogen (secondary N) is 1. The normalized spacial score (nSPS) is 18.4. The van der Waals surface area contributed by atoms with Gasteiger partial charge in [0.1, 0.15) is 28.7 Å². The van der Waals surface area contributed by atoms with Gasteiger partial charge in [-0.3, -0.25) is 4.79 Å². The summed E-state index contributed by atoms with van der Waals surface area (Å²) in [4.78, 5) is 18.3. The Labute approximate surface area is 166 Å². The fourth-order valence-corrected chi connectivity index (χ4v) is 4.02. The first-order valence-electron chi connectivity index (χ1n) is 9.58. The van der Waals surface area contributed by atoms with Crippen molar-refractivity contribution in [2.45, 2.75) is 25.8 Å². The van der Waals surface area contributed by atoms with E-state index in [1.54, 1.807) is 4.90 Å². The van der Waals surface area contributed by atoms with E-state index < -0.39 is 17.7 Å². The van der Waals surface area contributed by atoms with Gasteiger partial charge in [0.15, 0.2) is 0 Å². The Bertz CT molecular complexity index is 1160. The first kappa shape index (κ1) is 17.9. The highest BCUT2D eigenvalue weighted by molar-refractivity contribution is 6.03. The molecule has 0 aliphatic carbocycles. The molecule has 1 aromatic heterocycles. The molecule has 2 aromatic carbocycles. The molecule has 2 aliphatic heterocycles. The Kier molecular flexibility index (Phi) is 3.97. The van der Waals surface area contributed by atoms with E-state index >= 15 is 0 Å². The fraction of sp³-hybridized carbons (Fsp3) is 0.333. The van der Waals surface area contributed by atoms with Gasteiger partial charge in [-0.1, -0.05) is 0 Å². The zero-order valence-corrected chi connectivity index (χ0v) is 16.1. The number of rotatable bonds is 3. The highest BCUT2D eigenvalue weighted by Gasteiger charge is 2.29. The Morgan fingerprint density at radius 3 is 2.79 bits per heavy atom. The van der Waals surface area contributed by atoms with E-state index in [0.29, 0.717) is 37.2 Å². The molecule has 1 amide bonds. The van der Waals surface area contributed by atoms with Crippen molar-refractivity contribution < 1.29 is 18.3 Å². The Balaban J connectivity index is 1.61. The lowest BCUT2D eigenvalue weighted by Crippen LogP contribution is -2.43. The van der Waals surface area contributed by atoms with Gasteiger partial charge in [-0.15, -0.1) is 0 Å². The first-order valence-corrected chi connectivity index (χ1v) is 9.58. The number of carbonyl (C=O) groups is 1. The third-order valence-corrected chi connectivity index (χ3v) is 5.76. The molecule has 3 heterocycles. The van der Waals surface area contributed by atoms with E-state index in [1.165, 1.54) is 6.07 Å². The molecule has 1 saturated heterocycles. The summed E-state index contributed by atoms with van der Waals surface area (Å²) in [7, 11) is 1.92. The fourth-order valence-electron chi connectivity index (χ4n) is 4.02. The number of aromatic nitrogens is 2. The standard InChI is InChI=1S/C21H20F2N4O2/c1-11-24-21-16(9-13(10-17(21)26(11)2)27-5-3-19(27)28)25-15-4-6-29-18-8-12(22)7-14(23)20(15)18/h7-10,15,25H,3-6H2,1-2H3. The summed E-state index contributed by atoms with van der Waals surface area (Å²) >= 11 is 0. The summed E-state index contributed by atoms with van der Waals surface area (Å²) in [5, 5.41) is 3.38. The molecule has 1 atom stereocenters. The molecule has 3 aromatic rings. The van der Waals surface area contributed by atoms with Gasteiger partial charge in [0, 0.05) is 44.3 Å². The predicted molar refractivity (Wildman–Crippen MR) is 105 cm³/mol.